The van der Waals surface area contributed by atoms with Crippen molar-refractivity contribution in [2.24, 2.45) is 0 Å². The van der Waals surface area contributed by atoms with E-state index in [-0.39, 0.29) is 17.2 Å². The number of benzene rings is 3. The molecule has 3 aromatic carbocycles. The van der Waals surface area contributed by atoms with Crippen molar-refractivity contribution in [1.82, 2.24) is 4.90 Å². The van der Waals surface area contributed by atoms with Gasteiger partial charge in [0.15, 0.2) is 0 Å². The molecule has 0 radical (unpaired) electrons. The third-order valence-electron chi connectivity index (χ3n) is 5.05. The third-order valence-corrected chi connectivity index (χ3v) is 6.31. The Morgan fingerprint density at radius 3 is 2.24 bits per heavy atom. The highest BCUT2D eigenvalue weighted by atomic mass is 32.2. The van der Waals surface area contributed by atoms with E-state index in [1.165, 1.54) is 0 Å². The Labute approximate surface area is 175 Å². The molecule has 4 nitrogen and oxygen atoms in total. The van der Waals surface area contributed by atoms with E-state index in [4.69, 9.17) is 0 Å². The van der Waals surface area contributed by atoms with E-state index in [2.05, 4.69) is 0 Å². The molecule has 0 aliphatic carbocycles. The number of rotatable bonds is 5. The molecule has 0 N–H and O–H groups in total. The molecule has 2 amide bonds. The molecule has 5 heteroatoms. The Kier molecular flexibility index (Phi) is 5.67. The Balaban J connectivity index is 1.51. The van der Waals surface area contributed by atoms with Gasteiger partial charge in [0.05, 0.1) is 5.75 Å². The van der Waals surface area contributed by atoms with Gasteiger partial charge in [0.1, 0.15) is 5.37 Å². The Hall–Kier alpha value is -3.05. The highest BCUT2D eigenvalue weighted by molar-refractivity contribution is 8.00. The van der Waals surface area contributed by atoms with E-state index in [9.17, 15) is 9.59 Å². The van der Waals surface area contributed by atoms with Crippen LogP contribution in [0.25, 0.3) is 0 Å². The Morgan fingerprint density at radius 2 is 1.59 bits per heavy atom. The minimum Gasteiger partial charge on any atom is -0.322 e. The highest BCUT2D eigenvalue weighted by Gasteiger charge is 2.32. The van der Waals surface area contributed by atoms with Crippen molar-refractivity contribution in [2.75, 3.05) is 17.7 Å². The smallest absolute Gasteiger partial charge is 0.258 e. The van der Waals surface area contributed by atoms with E-state index in [0.29, 0.717) is 17.9 Å². The van der Waals surface area contributed by atoms with Gasteiger partial charge >= 0.3 is 0 Å². The molecule has 146 valence electrons. The first-order chi connectivity index (χ1) is 14.1. The maximum Gasteiger partial charge on any atom is 0.258 e. The number of carbonyl (C=O) groups is 2. The quantitative estimate of drug-likeness (QED) is 0.619. The van der Waals surface area contributed by atoms with Crippen LogP contribution in [0.2, 0.25) is 0 Å². The Bertz CT molecular complexity index is 990. The van der Waals surface area contributed by atoms with E-state index in [0.717, 1.165) is 16.8 Å². The van der Waals surface area contributed by atoms with Gasteiger partial charge in [-0.15, -0.1) is 11.8 Å². The summed E-state index contributed by atoms with van der Waals surface area (Å²) < 4.78 is 0. The molecule has 1 fully saturated rings. The molecule has 1 saturated heterocycles. The van der Waals surface area contributed by atoms with Crippen LogP contribution in [0, 0.1) is 0 Å². The topological polar surface area (TPSA) is 40.6 Å². The highest BCUT2D eigenvalue weighted by Crippen LogP contribution is 2.39. The molecule has 1 unspecified atom stereocenters. The van der Waals surface area contributed by atoms with Gasteiger partial charge in [-0.2, -0.15) is 0 Å². The minimum absolute atomic E-state index is 0.0290. The maximum absolute atomic E-state index is 12.8. The van der Waals surface area contributed by atoms with Crippen molar-refractivity contribution in [2.45, 2.75) is 11.9 Å². The SMILES string of the molecule is CN(C(=O)c1ccc(C2SCC(=O)N2Cc2ccccc2)cc1)c1ccccc1. The number of thioether (sulfide) groups is 1. The number of carbonyl (C=O) groups excluding carboxylic acids is 2. The van der Waals surface area contributed by atoms with Crippen LogP contribution < -0.4 is 4.90 Å². The molecule has 1 aliphatic rings. The average Bonchev–Trinajstić information content (AvgIpc) is 3.14. The summed E-state index contributed by atoms with van der Waals surface area (Å²) in [6, 6.07) is 27.2. The van der Waals surface area contributed by atoms with Crippen LogP contribution in [-0.2, 0) is 11.3 Å². The lowest BCUT2D eigenvalue weighted by Crippen LogP contribution is -2.28. The summed E-state index contributed by atoms with van der Waals surface area (Å²) in [6.07, 6.45) is 0. The van der Waals surface area contributed by atoms with Gasteiger partial charge in [-0.1, -0.05) is 60.7 Å². The fourth-order valence-corrected chi connectivity index (χ4v) is 4.62. The van der Waals surface area contributed by atoms with Gasteiger partial charge in [0, 0.05) is 24.8 Å². The van der Waals surface area contributed by atoms with Crippen LogP contribution >= 0.6 is 11.8 Å². The molecule has 1 aliphatic heterocycles. The zero-order valence-corrected chi connectivity index (χ0v) is 17.0. The van der Waals surface area contributed by atoms with Gasteiger partial charge in [0.25, 0.3) is 5.91 Å². The molecule has 1 atom stereocenters. The van der Waals surface area contributed by atoms with Crippen LogP contribution in [0.4, 0.5) is 5.69 Å². The minimum atomic E-state index is -0.0564. The number of anilines is 1. The summed E-state index contributed by atoms with van der Waals surface area (Å²) in [6.45, 7) is 0.592. The predicted molar refractivity (Wildman–Crippen MR) is 118 cm³/mol. The van der Waals surface area contributed by atoms with Gasteiger partial charge < -0.3 is 9.80 Å². The second kappa shape index (κ2) is 8.53. The van der Waals surface area contributed by atoms with E-state index in [1.807, 2.05) is 89.8 Å². The fraction of sp³-hybridized carbons (Fsp3) is 0.167. The summed E-state index contributed by atoms with van der Waals surface area (Å²) in [5.41, 5.74) is 3.64. The standard InChI is InChI=1S/C24H22N2O2S/c1-25(21-10-6-3-7-11-21)23(28)19-12-14-20(15-13-19)24-26(22(27)17-29-24)16-18-8-4-2-5-9-18/h2-15,24H,16-17H2,1H3. The average molecular weight is 403 g/mol. The maximum atomic E-state index is 12.8. The van der Waals surface area contributed by atoms with Crippen molar-refractivity contribution in [3.8, 4) is 0 Å². The van der Waals surface area contributed by atoms with Crippen molar-refractivity contribution in [1.29, 1.82) is 0 Å². The van der Waals surface area contributed by atoms with Crippen LogP contribution in [0.5, 0.6) is 0 Å². The van der Waals surface area contributed by atoms with Crippen molar-refractivity contribution >= 4 is 29.3 Å². The lowest BCUT2D eigenvalue weighted by molar-refractivity contribution is -0.128. The van der Waals surface area contributed by atoms with Crippen molar-refractivity contribution in [3.63, 3.8) is 0 Å². The Morgan fingerprint density at radius 1 is 0.966 bits per heavy atom. The van der Waals surface area contributed by atoms with Gasteiger partial charge in [-0.25, -0.2) is 0 Å². The van der Waals surface area contributed by atoms with Gasteiger partial charge in [-0.05, 0) is 35.4 Å². The second-order valence-electron chi connectivity index (χ2n) is 6.99. The number of hydrogen-bond donors (Lipinski definition) is 0. The van der Waals surface area contributed by atoms with E-state index < -0.39 is 0 Å². The molecular weight excluding hydrogens is 380 g/mol. The first-order valence-electron chi connectivity index (χ1n) is 9.51. The van der Waals surface area contributed by atoms with Gasteiger partial charge in [0.2, 0.25) is 5.91 Å². The number of amides is 2. The van der Waals surface area contributed by atoms with E-state index >= 15 is 0 Å². The number of hydrogen-bond acceptors (Lipinski definition) is 3. The summed E-state index contributed by atoms with van der Waals surface area (Å²) >= 11 is 1.63. The first kappa shape index (κ1) is 19.3. The van der Waals surface area contributed by atoms with E-state index in [1.54, 1.807) is 23.7 Å². The zero-order valence-electron chi connectivity index (χ0n) is 16.2. The first-order valence-corrected chi connectivity index (χ1v) is 10.6. The monoisotopic (exact) mass is 402 g/mol. The molecule has 29 heavy (non-hydrogen) atoms. The van der Waals surface area contributed by atoms with Crippen LogP contribution in [-0.4, -0.2) is 29.5 Å². The van der Waals surface area contributed by atoms with Gasteiger partial charge in [-0.3, -0.25) is 9.59 Å². The molecule has 0 spiro atoms. The normalized spacial score (nSPS) is 16.1. The van der Waals surface area contributed by atoms with Crippen molar-refractivity contribution in [3.05, 3.63) is 102 Å². The molecule has 1 heterocycles. The van der Waals surface area contributed by atoms with Crippen LogP contribution in [0.1, 0.15) is 26.9 Å². The lowest BCUT2D eigenvalue weighted by Gasteiger charge is -2.24. The molecule has 4 rings (SSSR count). The molecule has 0 saturated carbocycles. The fourth-order valence-electron chi connectivity index (χ4n) is 3.43. The summed E-state index contributed by atoms with van der Waals surface area (Å²) in [5.74, 6) is 0.571. The number of nitrogens with zero attached hydrogens (tertiary/aromatic N) is 2. The van der Waals surface area contributed by atoms with Crippen LogP contribution in [0.3, 0.4) is 0 Å². The molecule has 0 bridgehead atoms. The lowest BCUT2D eigenvalue weighted by atomic mass is 10.1. The predicted octanol–water partition coefficient (Wildman–Crippen LogP) is 4.74. The molecule has 0 aromatic heterocycles. The molecule has 3 aromatic rings. The summed E-state index contributed by atoms with van der Waals surface area (Å²) in [4.78, 5) is 28.8. The van der Waals surface area contributed by atoms with Crippen molar-refractivity contribution < 1.29 is 9.59 Å². The summed E-state index contributed by atoms with van der Waals surface area (Å²) in [5, 5.41) is -0.0290. The molecular formula is C24H22N2O2S. The largest absolute Gasteiger partial charge is 0.322 e. The summed E-state index contributed by atoms with van der Waals surface area (Å²) in [7, 11) is 1.78. The zero-order chi connectivity index (χ0) is 20.2. The van der Waals surface area contributed by atoms with Crippen LogP contribution in [0.15, 0.2) is 84.9 Å². The number of para-hydroxylation sites is 1. The third kappa shape index (κ3) is 4.20. The second-order valence-corrected chi connectivity index (χ2v) is 8.06.